The summed E-state index contributed by atoms with van der Waals surface area (Å²) in [7, 11) is 0. The summed E-state index contributed by atoms with van der Waals surface area (Å²) in [5.74, 6) is 0. The zero-order valence-corrected chi connectivity index (χ0v) is 12.2. The molecule has 4 heteroatoms. The van der Waals surface area contributed by atoms with E-state index in [0.717, 1.165) is 24.7 Å². The van der Waals surface area contributed by atoms with Crippen molar-refractivity contribution < 1.29 is 0 Å². The van der Waals surface area contributed by atoms with E-state index in [1.165, 1.54) is 17.7 Å². The Balaban J connectivity index is 2.00. The first-order chi connectivity index (χ1) is 8.22. The van der Waals surface area contributed by atoms with Crippen LogP contribution in [0.4, 0.5) is 0 Å². The lowest BCUT2D eigenvalue weighted by Gasteiger charge is -2.39. The van der Waals surface area contributed by atoms with Crippen molar-refractivity contribution >= 4 is 22.9 Å². The van der Waals surface area contributed by atoms with E-state index in [1.807, 2.05) is 5.38 Å². The molecule has 1 saturated heterocycles. The van der Waals surface area contributed by atoms with Crippen LogP contribution in [0, 0.1) is 0 Å². The van der Waals surface area contributed by atoms with Crippen LogP contribution in [0.1, 0.15) is 31.6 Å². The molecule has 2 nitrogen and oxygen atoms in total. The molecule has 2 heterocycles. The van der Waals surface area contributed by atoms with Gasteiger partial charge in [-0.05, 0) is 18.9 Å². The fourth-order valence-electron chi connectivity index (χ4n) is 2.44. The predicted molar refractivity (Wildman–Crippen MR) is 75.9 cm³/mol. The second-order valence-corrected chi connectivity index (χ2v) is 6.17. The third-order valence-electron chi connectivity index (χ3n) is 3.56. The minimum Gasteiger partial charge on any atom is -0.311 e. The van der Waals surface area contributed by atoms with Gasteiger partial charge in [-0.2, -0.15) is 0 Å². The van der Waals surface area contributed by atoms with Crippen molar-refractivity contribution in [3.05, 3.63) is 21.3 Å². The molecule has 0 saturated carbocycles. The van der Waals surface area contributed by atoms with Crippen LogP contribution in [0.3, 0.4) is 0 Å². The van der Waals surface area contributed by atoms with Gasteiger partial charge in [0.25, 0.3) is 0 Å². The monoisotopic (exact) mass is 272 g/mol. The molecule has 0 spiro atoms. The fraction of sp³-hybridized carbons (Fsp3) is 0.692. The second-order valence-electron chi connectivity index (χ2n) is 4.74. The number of hydrogen-bond donors (Lipinski definition) is 1. The number of hydrogen-bond acceptors (Lipinski definition) is 3. The van der Waals surface area contributed by atoms with E-state index in [4.69, 9.17) is 11.6 Å². The van der Waals surface area contributed by atoms with Gasteiger partial charge in [0.2, 0.25) is 0 Å². The molecule has 96 valence electrons. The van der Waals surface area contributed by atoms with Crippen molar-refractivity contribution in [1.29, 1.82) is 0 Å². The fourth-order valence-corrected chi connectivity index (χ4v) is 3.53. The quantitative estimate of drug-likeness (QED) is 0.904. The largest absolute Gasteiger partial charge is 0.311 e. The Kier molecular flexibility index (Phi) is 4.86. The van der Waals surface area contributed by atoms with E-state index < -0.39 is 0 Å². The zero-order valence-electron chi connectivity index (χ0n) is 10.6. The molecule has 0 aliphatic carbocycles. The number of nitrogens with zero attached hydrogens (tertiary/aromatic N) is 1. The smallest absolute Gasteiger partial charge is 0.0516 e. The van der Waals surface area contributed by atoms with Crippen molar-refractivity contribution in [1.82, 2.24) is 10.2 Å². The van der Waals surface area contributed by atoms with Crippen molar-refractivity contribution in [2.75, 3.05) is 13.1 Å². The molecule has 2 rings (SSSR count). The molecule has 0 radical (unpaired) electrons. The van der Waals surface area contributed by atoms with Gasteiger partial charge in [0.1, 0.15) is 0 Å². The average Bonchev–Trinajstić information content (AvgIpc) is 2.74. The molecule has 0 amide bonds. The van der Waals surface area contributed by atoms with E-state index in [1.54, 1.807) is 11.3 Å². The highest BCUT2D eigenvalue weighted by Gasteiger charge is 2.25. The van der Waals surface area contributed by atoms with Crippen LogP contribution in [0.2, 0.25) is 5.02 Å². The van der Waals surface area contributed by atoms with Crippen LogP contribution >= 0.6 is 22.9 Å². The first-order valence-corrected chi connectivity index (χ1v) is 7.69. The standard InChI is InChI=1S/C13H21ClN2S/c1-3-11-7-16(12(4-2)6-15-11)8-13-5-10(14)9-17-13/h5,9,11-12,15H,3-4,6-8H2,1-2H3. The molecular formula is C13H21ClN2S. The first-order valence-electron chi connectivity index (χ1n) is 6.43. The van der Waals surface area contributed by atoms with E-state index in [9.17, 15) is 0 Å². The van der Waals surface area contributed by atoms with Gasteiger partial charge in [-0.3, -0.25) is 4.90 Å². The molecule has 0 aromatic carbocycles. The summed E-state index contributed by atoms with van der Waals surface area (Å²) in [4.78, 5) is 3.98. The lowest BCUT2D eigenvalue weighted by Crippen LogP contribution is -2.55. The molecule has 1 aromatic heterocycles. The predicted octanol–water partition coefficient (Wildman–Crippen LogP) is 3.36. The Morgan fingerprint density at radius 2 is 2.29 bits per heavy atom. The number of nitrogens with one attached hydrogen (secondary N) is 1. The van der Waals surface area contributed by atoms with Crippen LogP contribution in [0.5, 0.6) is 0 Å². The van der Waals surface area contributed by atoms with Gasteiger partial charge in [0, 0.05) is 42.0 Å². The molecule has 2 unspecified atom stereocenters. The van der Waals surface area contributed by atoms with Crippen molar-refractivity contribution in [2.45, 2.75) is 45.3 Å². The molecule has 1 aromatic rings. The molecule has 0 bridgehead atoms. The Hall–Kier alpha value is -0.0900. The first kappa shape index (κ1) is 13.3. The summed E-state index contributed by atoms with van der Waals surface area (Å²) in [5, 5.41) is 6.53. The Morgan fingerprint density at radius 3 is 2.88 bits per heavy atom. The maximum absolute atomic E-state index is 5.98. The normalized spacial score (nSPS) is 26.3. The highest BCUT2D eigenvalue weighted by molar-refractivity contribution is 7.10. The molecule has 1 fully saturated rings. The average molecular weight is 273 g/mol. The van der Waals surface area contributed by atoms with Gasteiger partial charge in [0.15, 0.2) is 0 Å². The minimum atomic E-state index is 0.647. The summed E-state index contributed by atoms with van der Waals surface area (Å²) in [5.41, 5.74) is 0. The third-order valence-corrected chi connectivity index (χ3v) is 4.83. The van der Waals surface area contributed by atoms with Crippen LogP contribution in [0.25, 0.3) is 0 Å². The number of piperazine rings is 1. The molecule has 2 atom stereocenters. The second kappa shape index (κ2) is 6.19. The van der Waals surface area contributed by atoms with Gasteiger partial charge < -0.3 is 5.32 Å². The lowest BCUT2D eigenvalue weighted by molar-refractivity contribution is 0.118. The number of rotatable bonds is 4. The highest BCUT2D eigenvalue weighted by Crippen LogP contribution is 2.23. The highest BCUT2D eigenvalue weighted by atomic mass is 35.5. The topological polar surface area (TPSA) is 15.3 Å². The third kappa shape index (κ3) is 3.44. The SMILES string of the molecule is CCC1CN(Cc2cc(Cl)cs2)C(CC)CN1. The van der Waals surface area contributed by atoms with E-state index in [-0.39, 0.29) is 0 Å². The van der Waals surface area contributed by atoms with E-state index >= 15 is 0 Å². The molecule has 1 aliphatic rings. The van der Waals surface area contributed by atoms with Crippen molar-refractivity contribution in [2.24, 2.45) is 0 Å². The number of thiophene rings is 1. The summed E-state index contributed by atoms with van der Waals surface area (Å²) in [6, 6.07) is 3.41. The van der Waals surface area contributed by atoms with Crippen LogP contribution < -0.4 is 5.32 Å². The molecule has 1 aliphatic heterocycles. The maximum atomic E-state index is 5.98. The maximum Gasteiger partial charge on any atom is 0.0516 e. The van der Waals surface area contributed by atoms with Gasteiger partial charge in [0.05, 0.1) is 5.02 Å². The summed E-state index contributed by atoms with van der Waals surface area (Å²) in [6.07, 6.45) is 2.42. The molecule has 1 N–H and O–H groups in total. The van der Waals surface area contributed by atoms with E-state index in [2.05, 4.69) is 30.1 Å². The molecular weight excluding hydrogens is 252 g/mol. The van der Waals surface area contributed by atoms with Crippen molar-refractivity contribution in [3.8, 4) is 0 Å². The lowest BCUT2D eigenvalue weighted by atomic mass is 10.1. The Labute approximate surface area is 113 Å². The zero-order chi connectivity index (χ0) is 12.3. The Morgan fingerprint density at radius 1 is 1.47 bits per heavy atom. The van der Waals surface area contributed by atoms with Crippen LogP contribution in [-0.2, 0) is 6.54 Å². The summed E-state index contributed by atoms with van der Waals surface area (Å²) >= 11 is 7.75. The van der Waals surface area contributed by atoms with Crippen molar-refractivity contribution in [3.63, 3.8) is 0 Å². The van der Waals surface area contributed by atoms with Crippen LogP contribution in [-0.4, -0.2) is 30.1 Å². The summed E-state index contributed by atoms with van der Waals surface area (Å²) in [6.45, 7) is 7.85. The molecule has 17 heavy (non-hydrogen) atoms. The van der Waals surface area contributed by atoms with Gasteiger partial charge in [-0.1, -0.05) is 25.4 Å². The van der Waals surface area contributed by atoms with E-state index in [0.29, 0.717) is 12.1 Å². The van der Waals surface area contributed by atoms with Gasteiger partial charge in [-0.25, -0.2) is 0 Å². The van der Waals surface area contributed by atoms with Gasteiger partial charge >= 0.3 is 0 Å². The van der Waals surface area contributed by atoms with Gasteiger partial charge in [-0.15, -0.1) is 11.3 Å². The summed E-state index contributed by atoms with van der Waals surface area (Å²) < 4.78 is 0. The Bertz CT molecular complexity index is 353. The minimum absolute atomic E-state index is 0.647. The number of halogens is 1. The van der Waals surface area contributed by atoms with Crippen LogP contribution in [0.15, 0.2) is 11.4 Å².